The molecule has 9 heteroatoms. The van der Waals surface area contributed by atoms with E-state index in [2.05, 4.69) is 4.90 Å². The van der Waals surface area contributed by atoms with Crippen LogP contribution in [0.25, 0.3) is 0 Å². The van der Waals surface area contributed by atoms with Gasteiger partial charge in [0.2, 0.25) is 10.0 Å². The van der Waals surface area contributed by atoms with Crippen LogP contribution in [0.5, 0.6) is 11.5 Å². The van der Waals surface area contributed by atoms with E-state index in [1.165, 1.54) is 23.5 Å². The normalized spacial score (nSPS) is 19.7. The van der Waals surface area contributed by atoms with Crippen molar-refractivity contribution in [3.63, 3.8) is 0 Å². The van der Waals surface area contributed by atoms with Gasteiger partial charge in [0.05, 0.1) is 7.11 Å². The van der Waals surface area contributed by atoms with Crippen LogP contribution < -0.4 is 9.47 Å². The third-order valence-electron chi connectivity index (χ3n) is 6.29. The standard InChI is InChI=1S/C23H28ClFN2O4S/c1-30-22-7-6-17(24)16-23(22)32(28,29)27-14-8-18(9-15-27)26-12-10-19(11-13-26)31-21-5-3-2-4-20(21)25/h2-7,16,18-19H,8-15H2,1H3. The number of nitrogens with zero attached hydrogens (tertiary/aromatic N) is 2. The minimum absolute atomic E-state index is 0.00101. The number of methoxy groups -OCH3 is 1. The molecule has 0 saturated carbocycles. The molecule has 0 unspecified atom stereocenters. The fraction of sp³-hybridized carbons (Fsp3) is 0.478. The van der Waals surface area contributed by atoms with Crippen molar-refractivity contribution in [2.75, 3.05) is 33.3 Å². The summed E-state index contributed by atoms with van der Waals surface area (Å²) in [5.74, 6) is 0.272. The van der Waals surface area contributed by atoms with Crippen LogP contribution >= 0.6 is 11.6 Å². The summed E-state index contributed by atoms with van der Waals surface area (Å²) in [7, 11) is -2.23. The highest BCUT2D eigenvalue weighted by Crippen LogP contribution is 2.32. The number of hydrogen-bond acceptors (Lipinski definition) is 5. The first-order valence-electron chi connectivity index (χ1n) is 10.9. The minimum atomic E-state index is -3.68. The SMILES string of the molecule is COc1ccc(Cl)cc1S(=O)(=O)N1CCC(N2CCC(Oc3ccccc3F)CC2)CC1. The molecule has 174 valence electrons. The Morgan fingerprint density at radius 1 is 0.969 bits per heavy atom. The number of halogens is 2. The van der Waals surface area contributed by atoms with Crippen LogP contribution in [0.15, 0.2) is 47.4 Å². The van der Waals surface area contributed by atoms with E-state index in [1.807, 2.05) is 0 Å². The van der Waals surface area contributed by atoms with Gasteiger partial charge in [0, 0.05) is 37.2 Å². The van der Waals surface area contributed by atoms with Crippen LogP contribution in [0, 0.1) is 5.82 Å². The Kier molecular flexibility index (Phi) is 7.24. The van der Waals surface area contributed by atoms with Crippen LogP contribution in [-0.4, -0.2) is 63.1 Å². The van der Waals surface area contributed by atoms with Crippen molar-refractivity contribution in [2.24, 2.45) is 0 Å². The number of rotatable bonds is 6. The molecule has 2 aliphatic heterocycles. The lowest BCUT2D eigenvalue weighted by Crippen LogP contribution is -2.50. The molecule has 2 aromatic rings. The summed E-state index contributed by atoms with van der Waals surface area (Å²) in [5, 5.41) is 0.361. The summed E-state index contributed by atoms with van der Waals surface area (Å²) in [6.07, 6.45) is 3.18. The summed E-state index contributed by atoms with van der Waals surface area (Å²) in [4.78, 5) is 2.52. The molecule has 0 atom stereocenters. The lowest BCUT2D eigenvalue weighted by molar-refractivity contribution is 0.0567. The molecule has 6 nitrogen and oxygen atoms in total. The third-order valence-corrected chi connectivity index (χ3v) is 8.45. The number of likely N-dealkylation sites (tertiary alicyclic amines) is 1. The van der Waals surface area contributed by atoms with Gasteiger partial charge in [-0.05, 0) is 56.0 Å². The van der Waals surface area contributed by atoms with Crippen molar-refractivity contribution < 1.29 is 22.3 Å². The van der Waals surface area contributed by atoms with Gasteiger partial charge in [-0.25, -0.2) is 12.8 Å². The maximum absolute atomic E-state index is 13.8. The second-order valence-corrected chi connectivity index (χ2v) is 10.6. The Morgan fingerprint density at radius 2 is 1.66 bits per heavy atom. The zero-order chi connectivity index (χ0) is 22.7. The molecular formula is C23H28ClFN2O4S. The lowest BCUT2D eigenvalue weighted by atomic mass is 10.00. The topological polar surface area (TPSA) is 59.1 Å². The third kappa shape index (κ3) is 5.03. The van der Waals surface area contributed by atoms with Crippen LogP contribution in [-0.2, 0) is 10.0 Å². The summed E-state index contributed by atoms with van der Waals surface area (Å²) in [5.41, 5.74) is 0. The van der Waals surface area contributed by atoms with E-state index in [0.29, 0.717) is 35.7 Å². The van der Waals surface area contributed by atoms with E-state index in [-0.39, 0.29) is 16.8 Å². The summed E-state index contributed by atoms with van der Waals surface area (Å²) in [6.45, 7) is 2.62. The van der Waals surface area contributed by atoms with Crippen molar-refractivity contribution in [2.45, 2.75) is 42.7 Å². The second-order valence-electron chi connectivity index (χ2n) is 8.21. The average molecular weight is 483 g/mol. The molecule has 2 aromatic carbocycles. The Labute approximate surface area is 193 Å². The predicted octanol–water partition coefficient (Wildman–Crippen LogP) is 4.18. The van der Waals surface area contributed by atoms with E-state index >= 15 is 0 Å². The fourth-order valence-electron chi connectivity index (χ4n) is 4.52. The monoisotopic (exact) mass is 482 g/mol. The summed E-state index contributed by atoms with van der Waals surface area (Å²) >= 11 is 6.04. The summed E-state index contributed by atoms with van der Waals surface area (Å²) < 4.78 is 52.8. The molecule has 0 amide bonds. The number of piperidine rings is 2. The zero-order valence-corrected chi connectivity index (χ0v) is 19.6. The van der Waals surface area contributed by atoms with E-state index in [9.17, 15) is 12.8 Å². The molecule has 2 saturated heterocycles. The molecule has 0 spiro atoms. The van der Waals surface area contributed by atoms with E-state index < -0.39 is 10.0 Å². The van der Waals surface area contributed by atoms with Crippen LogP contribution in [0.3, 0.4) is 0 Å². The molecule has 2 aliphatic rings. The van der Waals surface area contributed by atoms with Gasteiger partial charge in [-0.1, -0.05) is 23.7 Å². The van der Waals surface area contributed by atoms with Crippen molar-refractivity contribution in [1.29, 1.82) is 0 Å². The van der Waals surface area contributed by atoms with Crippen LogP contribution in [0.1, 0.15) is 25.7 Å². The molecule has 0 aromatic heterocycles. The molecule has 32 heavy (non-hydrogen) atoms. The maximum atomic E-state index is 13.8. The largest absolute Gasteiger partial charge is 0.495 e. The van der Waals surface area contributed by atoms with Gasteiger partial charge < -0.3 is 14.4 Å². The van der Waals surface area contributed by atoms with Gasteiger partial charge in [-0.15, -0.1) is 0 Å². The number of hydrogen-bond donors (Lipinski definition) is 0. The molecule has 0 radical (unpaired) electrons. The van der Waals surface area contributed by atoms with Crippen LogP contribution in [0.2, 0.25) is 5.02 Å². The zero-order valence-electron chi connectivity index (χ0n) is 18.0. The number of para-hydroxylation sites is 1. The first-order valence-corrected chi connectivity index (χ1v) is 12.7. The molecule has 2 heterocycles. The quantitative estimate of drug-likeness (QED) is 0.618. The summed E-state index contributed by atoms with van der Waals surface area (Å²) in [6, 6.07) is 11.5. The Bertz CT molecular complexity index is 1040. The van der Waals surface area contributed by atoms with Gasteiger partial charge in [0.15, 0.2) is 11.6 Å². The Balaban J connectivity index is 1.32. The smallest absolute Gasteiger partial charge is 0.246 e. The van der Waals surface area contributed by atoms with Crippen LogP contribution in [0.4, 0.5) is 4.39 Å². The molecular weight excluding hydrogens is 455 g/mol. The van der Waals surface area contributed by atoms with E-state index in [4.69, 9.17) is 21.1 Å². The molecule has 2 fully saturated rings. The Morgan fingerprint density at radius 3 is 2.31 bits per heavy atom. The van der Waals surface area contributed by atoms with Crippen molar-refractivity contribution in [1.82, 2.24) is 9.21 Å². The molecule has 0 aliphatic carbocycles. The van der Waals surface area contributed by atoms with Crippen molar-refractivity contribution in [3.8, 4) is 11.5 Å². The highest BCUT2D eigenvalue weighted by atomic mass is 35.5. The van der Waals surface area contributed by atoms with Gasteiger partial charge in [0.1, 0.15) is 16.7 Å². The maximum Gasteiger partial charge on any atom is 0.246 e. The van der Waals surface area contributed by atoms with Crippen molar-refractivity contribution in [3.05, 3.63) is 53.3 Å². The van der Waals surface area contributed by atoms with E-state index in [0.717, 1.165) is 38.8 Å². The van der Waals surface area contributed by atoms with Gasteiger partial charge in [0.25, 0.3) is 0 Å². The second kappa shape index (κ2) is 9.95. The van der Waals surface area contributed by atoms with Crippen molar-refractivity contribution >= 4 is 21.6 Å². The first-order chi connectivity index (χ1) is 15.4. The number of benzene rings is 2. The Hall–Kier alpha value is -1.87. The molecule has 0 N–H and O–H groups in total. The number of sulfonamides is 1. The first kappa shape index (κ1) is 23.3. The fourth-order valence-corrected chi connectivity index (χ4v) is 6.41. The highest BCUT2D eigenvalue weighted by Gasteiger charge is 2.34. The van der Waals surface area contributed by atoms with Gasteiger partial charge >= 0.3 is 0 Å². The highest BCUT2D eigenvalue weighted by molar-refractivity contribution is 7.89. The minimum Gasteiger partial charge on any atom is -0.495 e. The average Bonchev–Trinajstić information content (AvgIpc) is 2.81. The van der Waals surface area contributed by atoms with Gasteiger partial charge in [-0.2, -0.15) is 4.31 Å². The molecule has 0 bridgehead atoms. The molecule has 4 rings (SSSR count). The van der Waals surface area contributed by atoms with E-state index in [1.54, 1.807) is 30.3 Å². The lowest BCUT2D eigenvalue weighted by Gasteiger charge is -2.41. The van der Waals surface area contributed by atoms with Gasteiger partial charge in [-0.3, -0.25) is 0 Å². The predicted molar refractivity (Wildman–Crippen MR) is 121 cm³/mol. The number of ether oxygens (including phenoxy) is 2.